The molecule has 0 spiro atoms. The fourth-order valence-corrected chi connectivity index (χ4v) is 5.37. The highest BCUT2D eigenvalue weighted by Gasteiger charge is 2.21. The number of nitrogens with one attached hydrogen (secondary N) is 2. The van der Waals surface area contributed by atoms with Crippen molar-refractivity contribution in [2.45, 2.75) is 32.7 Å². The van der Waals surface area contributed by atoms with Crippen molar-refractivity contribution in [3.05, 3.63) is 94.5 Å². The van der Waals surface area contributed by atoms with Crippen molar-refractivity contribution in [2.24, 2.45) is 4.99 Å². The molecule has 2 heterocycles. The van der Waals surface area contributed by atoms with Crippen LogP contribution in [-0.4, -0.2) is 77.9 Å². The first-order valence-electron chi connectivity index (χ1n) is 14.2. The van der Waals surface area contributed by atoms with Gasteiger partial charge in [-0.3, -0.25) is 9.63 Å². The number of rotatable bonds is 9. The van der Waals surface area contributed by atoms with E-state index in [0.717, 1.165) is 60.1 Å². The Morgan fingerprint density at radius 1 is 1.02 bits per heavy atom. The molecule has 214 valence electrons. The predicted octanol–water partition coefficient (Wildman–Crippen LogP) is 5.35. The average molecular weight is 554 g/mol. The zero-order valence-electron chi connectivity index (χ0n) is 24.3. The molecule has 1 fully saturated rings. The number of piperidine rings is 1. The average Bonchev–Trinajstić information content (AvgIpc) is 3.29. The molecule has 0 saturated carbocycles. The Balaban J connectivity index is 1.28. The summed E-state index contributed by atoms with van der Waals surface area (Å²) in [5.74, 6) is -0.224. The maximum atomic E-state index is 12.7. The van der Waals surface area contributed by atoms with E-state index >= 15 is 0 Å². The minimum Gasteiger partial charge on any atom is -0.494 e. The van der Waals surface area contributed by atoms with Gasteiger partial charge in [-0.05, 0) is 101 Å². The van der Waals surface area contributed by atoms with E-state index in [1.807, 2.05) is 36.4 Å². The van der Waals surface area contributed by atoms with Crippen LogP contribution in [0.1, 0.15) is 45.5 Å². The van der Waals surface area contributed by atoms with Gasteiger partial charge < -0.3 is 19.9 Å². The van der Waals surface area contributed by atoms with Crippen LogP contribution in [0.25, 0.3) is 10.9 Å². The van der Waals surface area contributed by atoms with Crippen LogP contribution in [0.2, 0.25) is 0 Å². The molecule has 3 N–H and O–H groups in total. The first-order chi connectivity index (χ1) is 19.8. The largest absolute Gasteiger partial charge is 0.494 e. The number of hydrogen-bond donors (Lipinski definition) is 3. The Morgan fingerprint density at radius 2 is 1.71 bits per heavy atom. The highest BCUT2D eigenvalue weighted by Crippen LogP contribution is 2.33. The Bertz CT molecular complexity index is 1520. The Morgan fingerprint density at radius 3 is 2.39 bits per heavy atom. The van der Waals surface area contributed by atoms with Gasteiger partial charge in [0.15, 0.2) is 5.88 Å². The molecular weight excluding hydrogens is 514 g/mol. The number of likely N-dealkylation sites (tertiary alicyclic amines) is 1. The monoisotopic (exact) mass is 553 g/mol. The third-order valence-corrected chi connectivity index (χ3v) is 8.01. The summed E-state index contributed by atoms with van der Waals surface area (Å²) in [4.78, 5) is 30.9. The summed E-state index contributed by atoms with van der Waals surface area (Å²) in [6.07, 6.45) is 2.30. The van der Waals surface area contributed by atoms with E-state index in [0.29, 0.717) is 35.2 Å². The number of aromatic amines is 1. The Hall–Kier alpha value is -3.98. The molecule has 3 aromatic carbocycles. The number of carbonyl (C=O) groups is 1. The molecule has 1 aromatic heterocycles. The van der Waals surface area contributed by atoms with Crippen molar-refractivity contribution >= 4 is 28.2 Å². The van der Waals surface area contributed by atoms with Crippen molar-refractivity contribution in [3.63, 3.8) is 0 Å². The van der Waals surface area contributed by atoms with Gasteiger partial charge in [-0.2, -0.15) is 0 Å². The number of amides is 1. The maximum absolute atomic E-state index is 12.7. The Kier molecular flexibility index (Phi) is 8.83. The van der Waals surface area contributed by atoms with E-state index in [4.69, 9.17) is 9.83 Å². The van der Waals surface area contributed by atoms with Crippen LogP contribution in [0.15, 0.2) is 71.7 Å². The number of H-pyrrole nitrogens is 1. The van der Waals surface area contributed by atoms with Gasteiger partial charge in [0.05, 0.1) is 23.6 Å². The second-order valence-electron chi connectivity index (χ2n) is 11.0. The normalized spacial score (nSPS) is 15.1. The summed E-state index contributed by atoms with van der Waals surface area (Å²) in [5.41, 5.74) is 9.02. The number of fused-ring (bicyclic) bond motifs is 1. The molecule has 0 radical (unpaired) electrons. The number of aromatic hydroxyl groups is 1. The van der Waals surface area contributed by atoms with Gasteiger partial charge in [-0.1, -0.05) is 30.3 Å². The highest BCUT2D eigenvalue weighted by atomic mass is 16.6. The van der Waals surface area contributed by atoms with Gasteiger partial charge in [0.1, 0.15) is 0 Å². The molecular formula is C33H39N5O3. The van der Waals surface area contributed by atoms with Crippen molar-refractivity contribution in [3.8, 4) is 5.88 Å². The number of benzene rings is 3. The number of aromatic nitrogens is 1. The fraction of sp³-hybridized carbons (Fsp3) is 0.333. The van der Waals surface area contributed by atoms with E-state index in [-0.39, 0.29) is 11.8 Å². The van der Waals surface area contributed by atoms with Crippen molar-refractivity contribution in [2.75, 3.05) is 40.3 Å². The standard InChI is InChI=1S/C33H39N5O3/c1-22-20-28-29(21-23(22)2)35-33(40)30(28)31(24-8-6-5-7-9-24)34-26-12-10-25(11-13-26)32(39)36-41-19-18-38-16-14-27(15-17-38)37(3)4/h5-13,20-21,27,35,40H,14-19H2,1-4H3,(H,36,39). The molecule has 0 atom stereocenters. The Labute approximate surface area is 241 Å². The zero-order chi connectivity index (χ0) is 28.9. The fourth-order valence-electron chi connectivity index (χ4n) is 5.37. The van der Waals surface area contributed by atoms with Crippen molar-refractivity contribution in [1.29, 1.82) is 0 Å². The molecule has 0 unspecified atom stereocenters. The summed E-state index contributed by atoms with van der Waals surface area (Å²) in [5, 5.41) is 11.9. The first-order valence-corrected chi connectivity index (χ1v) is 14.2. The van der Waals surface area contributed by atoms with Crippen LogP contribution in [0.5, 0.6) is 5.88 Å². The summed E-state index contributed by atoms with van der Waals surface area (Å²) in [6.45, 7) is 7.43. The molecule has 0 aliphatic carbocycles. The molecule has 1 aliphatic rings. The molecule has 4 aromatic rings. The maximum Gasteiger partial charge on any atom is 0.274 e. The number of aryl methyl sites for hydroxylation is 2. The van der Waals surface area contributed by atoms with E-state index in [2.05, 4.69) is 54.3 Å². The van der Waals surface area contributed by atoms with Crippen molar-refractivity contribution in [1.82, 2.24) is 20.3 Å². The predicted molar refractivity (Wildman–Crippen MR) is 164 cm³/mol. The van der Waals surface area contributed by atoms with Gasteiger partial charge in [-0.15, -0.1) is 0 Å². The summed E-state index contributed by atoms with van der Waals surface area (Å²) in [6, 6.07) is 21.6. The lowest BCUT2D eigenvalue weighted by atomic mass is 9.98. The molecule has 0 bridgehead atoms. The lowest BCUT2D eigenvalue weighted by molar-refractivity contribution is 0.0178. The summed E-state index contributed by atoms with van der Waals surface area (Å²) >= 11 is 0. The smallest absolute Gasteiger partial charge is 0.274 e. The molecule has 1 amide bonds. The third kappa shape index (κ3) is 6.68. The zero-order valence-corrected chi connectivity index (χ0v) is 24.3. The van der Waals surface area contributed by atoms with Gasteiger partial charge in [-0.25, -0.2) is 10.5 Å². The first kappa shape index (κ1) is 28.5. The number of hydroxylamine groups is 1. The van der Waals surface area contributed by atoms with Crippen LogP contribution in [0.3, 0.4) is 0 Å². The second-order valence-corrected chi connectivity index (χ2v) is 11.0. The van der Waals surface area contributed by atoms with Crippen LogP contribution < -0.4 is 5.48 Å². The number of carbonyl (C=O) groups excluding carboxylic acids is 1. The number of aliphatic imine (C=N–C) groups is 1. The van der Waals surface area contributed by atoms with Crippen molar-refractivity contribution < 1.29 is 14.7 Å². The van der Waals surface area contributed by atoms with Crippen LogP contribution in [0.4, 0.5) is 5.69 Å². The van der Waals surface area contributed by atoms with E-state index in [1.165, 1.54) is 0 Å². The summed E-state index contributed by atoms with van der Waals surface area (Å²) in [7, 11) is 4.27. The van der Waals surface area contributed by atoms with Gasteiger partial charge >= 0.3 is 0 Å². The molecule has 8 heteroatoms. The SMILES string of the molecule is Cc1cc2[nH]c(O)c(C(=Nc3ccc(C(=O)NOCCN4CCC(N(C)C)CC4)cc3)c3ccccc3)c2cc1C. The third-order valence-electron chi connectivity index (χ3n) is 8.01. The number of nitrogens with zero attached hydrogens (tertiary/aromatic N) is 3. The second kappa shape index (κ2) is 12.7. The minimum absolute atomic E-state index is 0.0721. The quantitative estimate of drug-likeness (QED) is 0.148. The molecule has 8 nitrogen and oxygen atoms in total. The lowest BCUT2D eigenvalue weighted by Crippen LogP contribution is -2.43. The van der Waals surface area contributed by atoms with E-state index in [1.54, 1.807) is 24.3 Å². The molecule has 1 aliphatic heterocycles. The number of hydrogen-bond acceptors (Lipinski definition) is 6. The molecule has 1 saturated heterocycles. The van der Waals surface area contributed by atoms with E-state index in [9.17, 15) is 9.90 Å². The molecule has 5 rings (SSSR count). The van der Waals surface area contributed by atoms with Crippen LogP contribution in [0, 0.1) is 13.8 Å². The van der Waals surface area contributed by atoms with Crippen LogP contribution >= 0.6 is 0 Å². The van der Waals surface area contributed by atoms with E-state index < -0.39 is 0 Å². The molecule has 41 heavy (non-hydrogen) atoms. The summed E-state index contributed by atoms with van der Waals surface area (Å²) < 4.78 is 0. The van der Waals surface area contributed by atoms with Gasteiger partial charge in [0.25, 0.3) is 5.91 Å². The van der Waals surface area contributed by atoms with Gasteiger partial charge in [0.2, 0.25) is 0 Å². The minimum atomic E-state index is -0.296. The topological polar surface area (TPSA) is 93.2 Å². The lowest BCUT2D eigenvalue weighted by Gasteiger charge is -2.34. The van der Waals surface area contributed by atoms with Gasteiger partial charge in [0, 0.05) is 34.6 Å². The highest BCUT2D eigenvalue weighted by molar-refractivity contribution is 6.22. The van der Waals surface area contributed by atoms with Crippen LogP contribution in [-0.2, 0) is 4.84 Å².